The van der Waals surface area contributed by atoms with Crippen molar-refractivity contribution < 1.29 is 9.90 Å². The van der Waals surface area contributed by atoms with Crippen LogP contribution >= 0.6 is 11.8 Å². The number of anilines is 2. The van der Waals surface area contributed by atoms with Gasteiger partial charge in [0.05, 0.1) is 16.6 Å². The van der Waals surface area contributed by atoms with E-state index in [1.165, 1.54) is 0 Å². The Morgan fingerprint density at radius 1 is 0.966 bits per heavy atom. The molecule has 4 nitrogen and oxygen atoms in total. The van der Waals surface area contributed by atoms with Gasteiger partial charge in [0.2, 0.25) is 0 Å². The van der Waals surface area contributed by atoms with Gasteiger partial charge in [-0.25, -0.2) is 0 Å². The Hall–Kier alpha value is -3.18. The van der Waals surface area contributed by atoms with Crippen LogP contribution in [-0.4, -0.2) is 19.9 Å². The van der Waals surface area contributed by atoms with Gasteiger partial charge in [-0.2, -0.15) is 0 Å². The van der Waals surface area contributed by atoms with Crippen LogP contribution in [0.1, 0.15) is 5.56 Å². The maximum atomic E-state index is 12.7. The maximum absolute atomic E-state index is 12.7. The predicted molar refractivity (Wildman–Crippen MR) is 116 cm³/mol. The molecule has 1 unspecified atom stereocenters. The highest BCUT2D eigenvalue weighted by atomic mass is 32.2. The number of carbonyl (C=O) groups is 1. The molecule has 0 spiro atoms. The Balaban J connectivity index is 1.42. The Labute approximate surface area is 174 Å². The van der Waals surface area contributed by atoms with Crippen molar-refractivity contribution in [2.24, 2.45) is 5.92 Å². The molecule has 29 heavy (non-hydrogen) atoms. The van der Waals surface area contributed by atoms with E-state index in [0.29, 0.717) is 0 Å². The summed E-state index contributed by atoms with van der Waals surface area (Å²) in [7, 11) is 3.91. The van der Waals surface area contributed by atoms with E-state index in [1.54, 1.807) is 23.9 Å². The van der Waals surface area contributed by atoms with Gasteiger partial charge in [-0.05, 0) is 42.0 Å². The number of allylic oxidation sites excluding steroid dienone is 4. The largest absolute Gasteiger partial charge is 0.874 e. The molecular formula is C24H19N2O2S-. The second kappa shape index (κ2) is 6.71. The van der Waals surface area contributed by atoms with E-state index in [2.05, 4.69) is 0 Å². The van der Waals surface area contributed by atoms with Gasteiger partial charge in [-0.3, -0.25) is 4.79 Å². The zero-order valence-corrected chi connectivity index (χ0v) is 16.9. The van der Waals surface area contributed by atoms with Gasteiger partial charge in [-0.15, -0.1) is 5.76 Å². The molecule has 2 aromatic rings. The molecule has 0 saturated carbocycles. The van der Waals surface area contributed by atoms with Crippen molar-refractivity contribution in [3.05, 3.63) is 94.4 Å². The first-order chi connectivity index (χ1) is 14.0. The third kappa shape index (κ3) is 2.81. The van der Waals surface area contributed by atoms with E-state index in [1.807, 2.05) is 84.6 Å². The van der Waals surface area contributed by atoms with Gasteiger partial charge in [-0.1, -0.05) is 48.2 Å². The van der Waals surface area contributed by atoms with E-state index in [-0.39, 0.29) is 17.1 Å². The summed E-state index contributed by atoms with van der Waals surface area (Å²) in [6.07, 6.45) is 7.48. The molecule has 144 valence electrons. The normalized spacial score (nSPS) is 23.0. The molecule has 0 radical (unpaired) electrons. The number of hydrogen-bond donors (Lipinski definition) is 0. The summed E-state index contributed by atoms with van der Waals surface area (Å²) in [6.45, 7) is 0. The predicted octanol–water partition coefficient (Wildman–Crippen LogP) is 3.93. The molecular weight excluding hydrogens is 380 g/mol. The molecule has 1 aliphatic carbocycles. The van der Waals surface area contributed by atoms with Crippen molar-refractivity contribution in [3.8, 4) is 0 Å². The number of thioether (sulfide) groups is 1. The lowest BCUT2D eigenvalue weighted by Crippen LogP contribution is -2.37. The van der Waals surface area contributed by atoms with Gasteiger partial charge in [0.15, 0.2) is 5.78 Å². The summed E-state index contributed by atoms with van der Waals surface area (Å²) in [5.41, 5.74) is 4.43. The van der Waals surface area contributed by atoms with Crippen molar-refractivity contribution in [3.63, 3.8) is 0 Å². The average molecular weight is 399 g/mol. The van der Waals surface area contributed by atoms with E-state index in [9.17, 15) is 9.90 Å². The number of benzene rings is 2. The number of nitrogens with zero attached hydrogens (tertiary/aromatic N) is 2. The SMILES string of the molecule is CN1/C(=C/C2=C([O-])C(/C=C3\C=Cc4ccccc4N3C)C2=O)Sc2ccccc21. The Morgan fingerprint density at radius 3 is 2.45 bits per heavy atom. The number of carbonyl (C=O) groups excluding carboxylic acids is 1. The number of likely N-dealkylation sites (N-methyl/N-ethyl adjacent to an activating group) is 1. The quantitative estimate of drug-likeness (QED) is 0.766. The van der Waals surface area contributed by atoms with Gasteiger partial charge in [0.1, 0.15) is 0 Å². The fraction of sp³-hybridized carbons (Fsp3) is 0.125. The van der Waals surface area contributed by atoms with Crippen LogP contribution in [0.25, 0.3) is 6.08 Å². The molecule has 0 N–H and O–H groups in total. The summed E-state index contributed by atoms with van der Waals surface area (Å²) in [6, 6.07) is 16.1. The van der Waals surface area contributed by atoms with Crippen LogP contribution < -0.4 is 14.9 Å². The van der Waals surface area contributed by atoms with Gasteiger partial charge in [0.25, 0.3) is 0 Å². The molecule has 2 aromatic carbocycles. The van der Waals surface area contributed by atoms with Crippen LogP contribution in [0.3, 0.4) is 0 Å². The number of para-hydroxylation sites is 2. The van der Waals surface area contributed by atoms with Crippen LogP contribution in [0.4, 0.5) is 11.4 Å². The fourth-order valence-electron chi connectivity index (χ4n) is 3.86. The molecule has 5 rings (SSSR count). The number of ketones is 1. The molecule has 3 aliphatic rings. The molecule has 0 aromatic heterocycles. The standard InChI is InChI=1S/C24H20N2O2S/c1-25-16(12-11-15-7-3-4-8-19(15)25)13-17-23(27)18(24(17)28)14-22-26(2)20-9-5-6-10-21(20)29-22/h3-14,17,27H,1-2H3/p-1/b16-13+,22-14-. The number of rotatable bonds is 2. The first-order valence-corrected chi connectivity index (χ1v) is 10.3. The van der Waals surface area contributed by atoms with Crippen molar-refractivity contribution in [2.75, 3.05) is 23.9 Å². The second-order valence-corrected chi connectivity index (χ2v) is 8.34. The zero-order valence-electron chi connectivity index (χ0n) is 16.1. The highest BCUT2D eigenvalue weighted by Gasteiger charge is 2.33. The van der Waals surface area contributed by atoms with Crippen molar-refractivity contribution in [2.45, 2.75) is 4.90 Å². The molecule has 5 heteroatoms. The lowest BCUT2D eigenvalue weighted by molar-refractivity contribution is -0.315. The van der Waals surface area contributed by atoms with E-state index >= 15 is 0 Å². The summed E-state index contributed by atoms with van der Waals surface area (Å²) >= 11 is 1.58. The lowest BCUT2D eigenvalue weighted by Gasteiger charge is -2.35. The first kappa shape index (κ1) is 17.9. The molecule has 1 atom stereocenters. The Morgan fingerprint density at radius 2 is 1.69 bits per heavy atom. The summed E-state index contributed by atoms with van der Waals surface area (Å²) < 4.78 is 0. The molecule has 2 aliphatic heterocycles. The Bertz CT molecular complexity index is 1160. The van der Waals surface area contributed by atoms with Gasteiger partial charge >= 0.3 is 0 Å². The van der Waals surface area contributed by atoms with E-state index < -0.39 is 5.92 Å². The molecule has 0 saturated heterocycles. The minimum atomic E-state index is -0.701. The van der Waals surface area contributed by atoms with Gasteiger partial charge in [0, 0.05) is 35.9 Å². The van der Waals surface area contributed by atoms with Crippen molar-refractivity contribution >= 4 is 35.0 Å². The summed E-state index contributed by atoms with van der Waals surface area (Å²) in [5, 5.41) is 13.6. The summed E-state index contributed by atoms with van der Waals surface area (Å²) in [4.78, 5) is 17.9. The molecule has 0 fully saturated rings. The first-order valence-electron chi connectivity index (χ1n) is 9.45. The molecule has 0 bridgehead atoms. The third-order valence-electron chi connectivity index (χ3n) is 5.59. The smallest absolute Gasteiger partial charge is 0.172 e. The van der Waals surface area contributed by atoms with Crippen molar-refractivity contribution in [1.29, 1.82) is 0 Å². The second-order valence-electron chi connectivity index (χ2n) is 7.27. The molecule has 2 heterocycles. The van der Waals surface area contributed by atoms with Crippen LogP contribution in [0, 0.1) is 5.92 Å². The minimum absolute atomic E-state index is 0.111. The third-order valence-corrected chi connectivity index (χ3v) is 6.76. The monoisotopic (exact) mass is 399 g/mol. The summed E-state index contributed by atoms with van der Waals surface area (Å²) in [5.74, 6) is -0.922. The van der Waals surface area contributed by atoms with Crippen molar-refractivity contribution in [1.82, 2.24) is 0 Å². The average Bonchev–Trinajstić information content (AvgIpc) is 3.07. The highest BCUT2D eigenvalue weighted by molar-refractivity contribution is 8.03. The van der Waals surface area contributed by atoms with Crippen LogP contribution in [0.5, 0.6) is 0 Å². The maximum Gasteiger partial charge on any atom is 0.172 e. The fourth-order valence-corrected chi connectivity index (χ4v) is 4.95. The van der Waals surface area contributed by atoms with E-state index in [0.717, 1.165) is 32.6 Å². The number of Topliss-reactive ketones (excluding diaryl/α,β-unsaturated/α-hetero) is 1. The van der Waals surface area contributed by atoms with Crippen LogP contribution in [0.15, 0.2) is 93.7 Å². The van der Waals surface area contributed by atoms with Crippen LogP contribution in [0.2, 0.25) is 0 Å². The Kier molecular flexibility index (Phi) is 4.14. The van der Waals surface area contributed by atoms with E-state index in [4.69, 9.17) is 0 Å². The highest BCUT2D eigenvalue weighted by Crippen LogP contribution is 2.46. The van der Waals surface area contributed by atoms with Gasteiger partial charge < -0.3 is 14.9 Å². The molecule has 0 amide bonds. The lowest BCUT2D eigenvalue weighted by atomic mass is 9.81. The number of fused-ring (bicyclic) bond motifs is 2. The topological polar surface area (TPSA) is 46.6 Å². The zero-order chi connectivity index (χ0) is 20.1. The van der Waals surface area contributed by atoms with Crippen LogP contribution in [-0.2, 0) is 4.79 Å². The number of hydrogen-bond acceptors (Lipinski definition) is 5. The minimum Gasteiger partial charge on any atom is -0.874 e.